The molecule has 4 heteroatoms. The van der Waals surface area contributed by atoms with Gasteiger partial charge in [-0.1, -0.05) is 24.5 Å². The highest BCUT2D eigenvalue weighted by atomic mass is 79.9. The molecule has 1 N–H and O–H groups in total. The number of aryl methyl sites for hydroxylation is 1. The van der Waals surface area contributed by atoms with Crippen LogP contribution in [0.25, 0.3) is 0 Å². The van der Waals surface area contributed by atoms with Crippen LogP contribution in [-0.2, 0) is 0 Å². The minimum absolute atomic E-state index is 0.0455. The summed E-state index contributed by atoms with van der Waals surface area (Å²) in [6, 6.07) is 5.73. The van der Waals surface area contributed by atoms with Crippen LogP contribution in [0.15, 0.2) is 22.7 Å². The van der Waals surface area contributed by atoms with E-state index < -0.39 is 5.60 Å². The van der Waals surface area contributed by atoms with Gasteiger partial charge in [0, 0.05) is 18.1 Å². The van der Waals surface area contributed by atoms with E-state index in [4.69, 9.17) is 0 Å². The van der Waals surface area contributed by atoms with E-state index in [1.54, 1.807) is 11.9 Å². The Bertz CT molecular complexity index is 481. The summed E-state index contributed by atoms with van der Waals surface area (Å²) < 4.78 is 0.799. The molecule has 1 saturated carbocycles. The van der Waals surface area contributed by atoms with Crippen molar-refractivity contribution in [3.63, 3.8) is 0 Å². The third-order valence-corrected chi connectivity index (χ3v) is 4.46. The lowest BCUT2D eigenvalue weighted by atomic mass is 10.0. The van der Waals surface area contributed by atoms with Gasteiger partial charge in [0.1, 0.15) is 0 Å². The lowest BCUT2D eigenvalue weighted by Gasteiger charge is -2.29. The molecular weight excluding hydrogens is 306 g/mol. The number of likely N-dealkylation sites (N-methyl/N-ethyl adjacent to an activating group) is 1. The Labute approximate surface area is 122 Å². The Morgan fingerprint density at radius 3 is 2.68 bits per heavy atom. The van der Waals surface area contributed by atoms with Gasteiger partial charge in [-0.25, -0.2) is 0 Å². The van der Waals surface area contributed by atoms with Crippen molar-refractivity contribution in [3.8, 4) is 0 Å². The van der Waals surface area contributed by atoms with E-state index in [1.807, 2.05) is 25.1 Å². The molecule has 1 aromatic rings. The van der Waals surface area contributed by atoms with E-state index >= 15 is 0 Å². The maximum atomic E-state index is 12.4. The van der Waals surface area contributed by atoms with Crippen molar-refractivity contribution >= 4 is 21.8 Å². The van der Waals surface area contributed by atoms with Crippen molar-refractivity contribution < 1.29 is 9.90 Å². The van der Waals surface area contributed by atoms with Gasteiger partial charge in [0.05, 0.1) is 11.2 Å². The molecule has 0 heterocycles. The lowest BCUT2D eigenvalue weighted by molar-refractivity contribution is 0.0156. The first kappa shape index (κ1) is 14.5. The minimum atomic E-state index is -0.694. The number of halogens is 1. The Morgan fingerprint density at radius 2 is 2.05 bits per heavy atom. The van der Waals surface area contributed by atoms with Crippen molar-refractivity contribution in [3.05, 3.63) is 33.8 Å². The van der Waals surface area contributed by atoms with E-state index in [9.17, 15) is 9.90 Å². The minimum Gasteiger partial charge on any atom is -0.388 e. The Hall–Kier alpha value is -0.870. The van der Waals surface area contributed by atoms with Crippen LogP contribution in [0.5, 0.6) is 0 Å². The second-order valence-corrected chi connectivity index (χ2v) is 6.43. The number of aliphatic hydroxyl groups is 1. The van der Waals surface area contributed by atoms with Gasteiger partial charge in [-0.2, -0.15) is 0 Å². The van der Waals surface area contributed by atoms with Gasteiger partial charge in [0.25, 0.3) is 5.91 Å². The Morgan fingerprint density at radius 1 is 1.42 bits per heavy atom. The molecular formula is C15H20BrNO2. The van der Waals surface area contributed by atoms with Gasteiger partial charge < -0.3 is 10.0 Å². The third-order valence-electron chi connectivity index (χ3n) is 3.76. The van der Waals surface area contributed by atoms with Gasteiger partial charge >= 0.3 is 0 Å². The molecule has 2 rings (SSSR count). The molecule has 1 aliphatic rings. The molecule has 0 aromatic heterocycles. The van der Waals surface area contributed by atoms with Crippen molar-refractivity contribution in [1.29, 1.82) is 0 Å². The zero-order valence-electron chi connectivity index (χ0n) is 11.4. The molecule has 0 spiro atoms. The topological polar surface area (TPSA) is 40.5 Å². The summed E-state index contributed by atoms with van der Waals surface area (Å²) in [5, 5.41) is 10.4. The van der Waals surface area contributed by atoms with Crippen LogP contribution in [0.2, 0.25) is 0 Å². The smallest absolute Gasteiger partial charge is 0.254 e. The van der Waals surface area contributed by atoms with Gasteiger partial charge in [-0.15, -0.1) is 0 Å². The summed E-state index contributed by atoms with van der Waals surface area (Å²) in [5.74, 6) is -0.0455. The molecule has 104 valence electrons. The van der Waals surface area contributed by atoms with E-state index in [-0.39, 0.29) is 5.91 Å². The summed E-state index contributed by atoms with van der Waals surface area (Å²) in [7, 11) is 1.76. The average Bonchev–Trinajstić information content (AvgIpc) is 2.78. The molecule has 1 fully saturated rings. The average molecular weight is 326 g/mol. The predicted molar refractivity (Wildman–Crippen MR) is 79.3 cm³/mol. The number of carbonyl (C=O) groups excluding carboxylic acids is 1. The highest BCUT2D eigenvalue weighted by Crippen LogP contribution is 2.30. The molecule has 1 aromatic carbocycles. The first-order valence-electron chi connectivity index (χ1n) is 6.65. The molecule has 0 atom stereocenters. The zero-order valence-corrected chi connectivity index (χ0v) is 13.0. The van der Waals surface area contributed by atoms with Crippen LogP contribution in [0.1, 0.15) is 41.6 Å². The summed E-state index contributed by atoms with van der Waals surface area (Å²) in [4.78, 5) is 14.1. The van der Waals surface area contributed by atoms with Crippen LogP contribution in [0, 0.1) is 6.92 Å². The van der Waals surface area contributed by atoms with Crippen molar-refractivity contribution in [1.82, 2.24) is 4.90 Å². The predicted octanol–water partition coefficient (Wildman–Crippen LogP) is 3.13. The fourth-order valence-electron chi connectivity index (χ4n) is 2.71. The van der Waals surface area contributed by atoms with Crippen LogP contribution >= 0.6 is 15.9 Å². The number of rotatable bonds is 3. The molecule has 0 saturated heterocycles. The van der Waals surface area contributed by atoms with Crippen molar-refractivity contribution in [2.75, 3.05) is 13.6 Å². The fourth-order valence-corrected chi connectivity index (χ4v) is 3.13. The Balaban J connectivity index is 2.12. The maximum absolute atomic E-state index is 12.4. The second kappa shape index (κ2) is 5.63. The van der Waals surface area contributed by atoms with Crippen molar-refractivity contribution in [2.24, 2.45) is 0 Å². The lowest BCUT2D eigenvalue weighted by Crippen LogP contribution is -2.42. The summed E-state index contributed by atoms with van der Waals surface area (Å²) in [6.45, 7) is 2.37. The number of nitrogens with zero attached hydrogens (tertiary/aromatic N) is 1. The summed E-state index contributed by atoms with van der Waals surface area (Å²) >= 11 is 3.42. The summed E-state index contributed by atoms with van der Waals surface area (Å²) in [6.07, 6.45) is 3.68. The molecule has 3 nitrogen and oxygen atoms in total. The molecule has 0 bridgehead atoms. The van der Waals surface area contributed by atoms with E-state index in [0.29, 0.717) is 12.1 Å². The number of benzene rings is 1. The maximum Gasteiger partial charge on any atom is 0.254 e. The van der Waals surface area contributed by atoms with Gasteiger partial charge in [0.15, 0.2) is 0 Å². The standard InChI is InChI=1S/C15H20BrNO2/c1-11-5-6-13(16)12(9-11)14(18)17(2)10-15(19)7-3-4-8-15/h5-6,9,19H,3-4,7-8,10H2,1-2H3. The highest BCUT2D eigenvalue weighted by molar-refractivity contribution is 9.10. The van der Waals surface area contributed by atoms with E-state index in [0.717, 1.165) is 35.7 Å². The van der Waals surface area contributed by atoms with Gasteiger partial charge in [-0.3, -0.25) is 4.79 Å². The Kier molecular flexibility index (Phi) is 4.31. The normalized spacial score (nSPS) is 17.5. The van der Waals surface area contributed by atoms with E-state index in [2.05, 4.69) is 15.9 Å². The van der Waals surface area contributed by atoms with Crippen LogP contribution in [0.3, 0.4) is 0 Å². The monoisotopic (exact) mass is 325 g/mol. The third kappa shape index (κ3) is 3.37. The number of hydrogen-bond donors (Lipinski definition) is 1. The SMILES string of the molecule is Cc1ccc(Br)c(C(=O)N(C)CC2(O)CCCC2)c1. The molecule has 0 unspecified atom stereocenters. The van der Waals surface area contributed by atoms with Gasteiger partial charge in [-0.05, 0) is 47.8 Å². The molecule has 0 aliphatic heterocycles. The largest absolute Gasteiger partial charge is 0.388 e. The molecule has 1 amide bonds. The van der Waals surface area contributed by atoms with Crippen LogP contribution < -0.4 is 0 Å². The number of hydrogen-bond acceptors (Lipinski definition) is 2. The molecule has 19 heavy (non-hydrogen) atoms. The first-order valence-corrected chi connectivity index (χ1v) is 7.45. The van der Waals surface area contributed by atoms with E-state index in [1.165, 1.54) is 0 Å². The van der Waals surface area contributed by atoms with Crippen molar-refractivity contribution in [2.45, 2.75) is 38.2 Å². The zero-order chi connectivity index (χ0) is 14.0. The first-order chi connectivity index (χ1) is 8.91. The molecule has 0 radical (unpaired) electrons. The summed E-state index contributed by atoms with van der Waals surface area (Å²) in [5.41, 5.74) is 1.02. The van der Waals surface area contributed by atoms with Gasteiger partial charge in [0.2, 0.25) is 0 Å². The fraction of sp³-hybridized carbons (Fsp3) is 0.533. The van der Waals surface area contributed by atoms with Crippen LogP contribution in [-0.4, -0.2) is 35.1 Å². The number of amides is 1. The quantitative estimate of drug-likeness (QED) is 0.927. The van der Waals surface area contributed by atoms with Crippen LogP contribution in [0.4, 0.5) is 0 Å². The second-order valence-electron chi connectivity index (χ2n) is 5.58. The molecule has 1 aliphatic carbocycles. The number of carbonyl (C=O) groups is 1. The highest BCUT2D eigenvalue weighted by Gasteiger charge is 2.33.